The summed E-state index contributed by atoms with van der Waals surface area (Å²) in [7, 11) is 0. The summed E-state index contributed by atoms with van der Waals surface area (Å²) in [6.45, 7) is 2.34. The molecule has 4 nitrogen and oxygen atoms in total. The van der Waals surface area contributed by atoms with Gasteiger partial charge in [-0.1, -0.05) is 79.4 Å². The smallest absolute Gasteiger partial charge is 0.247 e. The summed E-state index contributed by atoms with van der Waals surface area (Å²) in [5, 5.41) is 3.20. The molecule has 1 fully saturated rings. The average molecular weight is 413 g/mol. The molecule has 0 aromatic heterocycles. The van der Waals surface area contributed by atoms with Gasteiger partial charge in [-0.25, -0.2) is 0 Å². The minimum atomic E-state index is -0.705. The van der Waals surface area contributed by atoms with Crippen LogP contribution < -0.4 is 5.32 Å². The standard InChI is InChI=1S/C24H29ClN2O2/c1-18-12-14-20(15-13-18)23(24(29)26-21-10-6-3-7-11-21)27(22(28)16-25)17-19-8-4-2-5-9-19/h2,4-5,8-9,12-15,21,23H,3,6-7,10-11,16-17H2,1H3,(H,26,29)/t23-/m1/s1. The molecule has 1 aliphatic rings. The van der Waals surface area contributed by atoms with Crippen LogP contribution in [0.1, 0.15) is 54.8 Å². The number of aryl methyl sites for hydroxylation is 1. The number of rotatable bonds is 7. The van der Waals surface area contributed by atoms with Gasteiger partial charge >= 0.3 is 0 Å². The Morgan fingerprint density at radius 1 is 1.03 bits per heavy atom. The minimum Gasteiger partial charge on any atom is -0.351 e. The van der Waals surface area contributed by atoms with Crippen molar-refractivity contribution in [2.24, 2.45) is 0 Å². The van der Waals surface area contributed by atoms with E-state index in [1.165, 1.54) is 6.42 Å². The summed E-state index contributed by atoms with van der Waals surface area (Å²) in [4.78, 5) is 27.8. The van der Waals surface area contributed by atoms with Crippen LogP contribution >= 0.6 is 11.6 Å². The normalized spacial score (nSPS) is 15.5. The molecule has 0 radical (unpaired) electrons. The second kappa shape index (κ2) is 10.4. The van der Waals surface area contributed by atoms with E-state index in [9.17, 15) is 9.59 Å². The third-order valence-electron chi connectivity index (χ3n) is 5.54. The molecule has 0 unspecified atom stereocenters. The number of carbonyl (C=O) groups excluding carboxylic acids is 2. The number of amides is 2. The molecule has 5 heteroatoms. The number of nitrogens with zero attached hydrogens (tertiary/aromatic N) is 1. The molecule has 29 heavy (non-hydrogen) atoms. The van der Waals surface area contributed by atoms with Crippen LogP contribution in [0.3, 0.4) is 0 Å². The van der Waals surface area contributed by atoms with E-state index in [0.717, 1.165) is 42.4 Å². The maximum atomic E-state index is 13.4. The van der Waals surface area contributed by atoms with E-state index in [1.54, 1.807) is 4.90 Å². The topological polar surface area (TPSA) is 49.4 Å². The Bertz CT molecular complexity index is 801. The number of nitrogens with one attached hydrogen (secondary N) is 1. The zero-order chi connectivity index (χ0) is 20.6. The number of alkyl halides is 1. The molecule has 0 heterocycles. The fraction of sp³-hybridized carbons (Fsp3) is 0.417. The van der Waals surface area contributed by atoms with Gasteiger partial charge < -0.3 is 10.2 Å². The van der Waals surface area contributed by atoms with Crippen LogP contribution in [-0.2, 0) is 16.1 Å². The molecule has 1 aliphatic carbocycles. The van der Waals surface area contributed by atoms with Crippen LogP contribution in [0.25, 0.3) is 0 Å². The Labute approximate surface area is 178 Å². The van der Waals surface area contributed by atoms with E-state index in [1.807, 2.05) is 61.5 Å². The van der Waals surface area contributed by atoms with Gasteiger partial charge in [-0.15, -0.1) is 11.6 Å². The SMILES string of the molecule is Cc1ccc([C@H](C(=O)NC2CCCCC2)N(Cc2ccccc2)C(=O)CCl)cc1. The van der Waals surface area contributed by atoms with E-state index in [-0.39, 0.29) is 23.7 Å². The third kappa shape index (κ3) is 5.83. The molecule has 3 rings (SSSR count). The second-order valence-corrected chi connectivity index (χ2v) is 8.06. The molecule has 0 aliphatic heterocycles. The van der Waals surface area contributed by atoms with Crippen molar-refractivity contribution >= 4 is 23.4 Å². The zero-order valence-electron chi connectivity index (χ0n) is 16.9. The first-order valence-corrected chi connectivity index (χ1v) is 10.9. The van der Waals surface area contributed by atoms with E-state index in [2.05, 4.69) is 5.32 Å². The van der Waals surface area contributed by atoms with Crippen molar-refractivity contribution in [2.75, 3.05) is 5.88 Å². The fourth-order valence-corrected chi connectivity index (χ4v) is 4.08. The summed E-state index contributed by atoms with van der Waals surface area (Å²) >= 11 is 5.94. The Morgan fingerprint density at radius 2 is 1.69 bits per heavy atom. The predicted octanol–water partition coefficient (Wildman–Crippen LogP) is 4.75. The Hall–Kier alpha value is -2.33. The number of halogens is 1. The lowest BCUT2D eigenvalue weighted by atomic mass is 9.94. The maximum absolute atomic E-state index is 13.4. The van der Waals surface area contributed by atoms with E-state index >= 15 is 0 Å². The second-order valence-electron chi connectivity index (χ2n) is 7.80. The monoisotopic (exact) mass is 412 g/mol. The molecule has 154 valence electrons. The highest BCUT2D eigenvalue weighted by Crippen LogP contribution is 2.26. The van der Waals surface area contributed by atoms with E-state index in [0.29, 0.717) is 6.54 Å². The number of hydrogen-bond donors (Lipinski definition) is 1. The van der Waals surface area contributed by atoms with Crippen molar-refractivity contribution in [3.8, 4) is 0 Å². The third-order valence-corrected chi connectivity index (χ3v) is 5.76. The van der Waals surface area contributed by atoms with Gasteiger partial charge in [0, 0.05) is 12.6 Å². The van der Waals surface area contributed by atoms with Crippen LogP contribution in [0, 0.1) is 6.92 Å². The van der Waals surface area contributed by atoms with Crippen LogP contribution in [0.2, 0.25) is 0 Å². The van der Waals surface area contributed by atoms with Gasteiger partial charge in [0.2, 0.25) is 11.8 Å². The van der Waals surface area contributed by atoms with Gasteiger partial charge in [0.15, 0.2) is 0 Å². The molecule has 2 aromatic carbocycles. The van der Waals surface area contributed by atoms with Gasteiger partial charge in [0.05, 0.1) is 0 Å². The lowest BCUT2D eigenvalue weighted by molar-refractivity contribution is -0.140. The van der Waals surface area contributed by atoms with Crippen molar-refractivity contribution in [3.05, 3.63) is 71.3 Å². The van der Waals surface area contributed by atoms with Gasteiger partial charge in [0.1, 0.15) is 11.9 Å². The molecular weight excluding hydrogens is 384 g/mol. The van der Waals surface area contributed by atoms with E-state index < -0.39 is 6.04 Å². The van der Waals surface area contributed by atoms with Gasteiger partial charge in [-0.3, -0.25) is 9.59 Å². The zero-order valence-corrected chi connectivity index (χ0v) is 17.7. The van der Waals surface area contributed by atoms with Crippen LogP contribution in [0.15, 0.2) is 54.6 Å². The van der Waals surface area contributed by atoms with Gasteiger partial charge in [-0.05, 0) is 30.9 Å². The average Bonchev–Trinajstić information content (AvgIpc) is 2.75. The number of hydrogen-bond acceptors (Lipinski definition) is 2. The summed E-state index contributed by atoms with van der Waals surface area (Å²) in [5.41, 5.74) is 2.88. The highest BCUT2D eigenvalue weighted by molar-refractivity contribution is 6.27. The lowest BCUT2D eigenvalue weighted by Crippen LogP contribution is -2.47. The maximum Gasteiger partial charge on any atom is 0.247 e. The summed E-state index contributed by atoms with van der Waals surface area (Å²) < 4.78 is 0. The molecule has 1 saturated carbocycles. The van der Waals surface area contributed by atoms with Crippen LogP contribution in [0.5, 0.6) is 0 Å². The largest absolute Gasteiger partial charge is 0.351 e. The summed E-state index contributed by atoms with van der Waals surface area (Å²) in [5.74, 6) is -0.540. The first-order valence-electron chi connectivity index (χ1n) is 10.3. The van der Waals surface area contributed by atoms with Crippen molar-refractivity contribution in [2.45, 2.75) is 57.7 Å². The van der Waals surface area contributed by atoms with Crippen LogP contribution in [-0.4, -0.2) is 28.6 Å². The minimum absolute atomic E-state index is 0.129. The number of carbonyl (C=O) groups is 2. The molecule has 0 bridgehead atoms. The Morgan fingerprint density at radius 3 is 2.31 bits per heavy atom. The van der Waals surface area contributed by atoms with Crippen molar-refractivity contribution in [3.63, 3.8) is 0 Å². The molecule has 2 amide bonds. The Kier molecular flexibility index (Phi) is 7.70. The van der Waals surface area contributed by atoms with Crippen molar-refractivity contribution in [1.29, 1.82) is 0 Å². The molecule has 1 atom stereocenters. The summed E-state index contributed by atoms with van der Waals surface area (Å²) in [6, 6.07) is 17.0. The lowest BCUT2D eigenvalue weighted by Gasteiger charge is -2.33. The molecule has 0 spiro atoms. The predicted molar refractivity (Wildman–Crippen MR) is 117 cm³/mol. The quantitative estimate of drug-likeness (QED) is 0.667. The molecule has 2 aromatic rings. The Balaban J connectivity index is 1.92. The van der Waals surface area contributed by atoms with Crippen molar-refractivity contribution < 1.29 is 9.59 Å². The van der Waals surface area contributed by atoms with E-state index in [4.69, 9.17) is 11.6 Å². The molecule has 1 N–H and O–H groups in total. The van der Waals surface area contributed by atoms with Crippen molar-refractivity contribution in [1.82, 2.24) is 10.2 Å². The van der Waals surface area contributed by atoms with Crippen LogP contribution in [0.4, 0.5) is 0 Å². The number of benzene rings is 2. The summed E-state index contributed by atoms with van der Waals surface area (Å²) in [6.07, 6.45) is 5.48. The fourth-order valence-electron chi connectivity index (χ4n) is 3.93. The molecule has 0 saturated heterocycles. The first kappa shape index (κ1) is 21.4. The van der Waals surface area contributed by atoms with Gasteiger partial charge in [0.25, 0.3) is 0 Å². The highest BCUT2D eigenvalue weighted by Gasteiger charge is 2.32. The molecular formula is C24H29ClN2O2. The first-order chi connectivity index (χ1) is 14.1. The highest BCUT2D eigenvalue weighted by atomic mass is 35.5. The van der Waals surface area contributed by atoms with Gasteiger partial charge in [-0.2, -0.15) is 0 Å².